The number of amides is 3. The molecular weight excluding hydrogens is 481 g/mol. The van der Waals surface area contributed by atoms with E-state index in [2.05, 4.69) is 38.6 Å². The number of pyridine rings is 1. The molecule has 3 rings (SSSR count). The molecule has 2 aliphatic rings. The minimum absolute atomic E-state index is 0.0181. The Hall–Kier alpha value is -1.96. The normalized spacial score (nSPS) is 18.8. The molecule has 1 aromatic heterocycles. The monoisotopic (exact) mass is 513 g/mol. The van der Waals surface area contributed by atoms with Gasteiger partial charge in [0.05, 0.1) is 0 Å². The van der Waals surface area contributed by atoms with Crippen LogP contribution in [0.5, 0.6) is 0 Å². The van der Waals surface area contributed by atoms with E-state index in [0.29, 0.717) is 12.2 Å². The molecule has 1 fully saturated rings. The predicted octanol–water partition coefficient (Wildman–Crippen LogP) is 3.49. The van der Waals surface area contributed by atoms with Crippen LogP contribution in [0.15, 0.2) is 37.1 Å². The number of nitrogens with zero attached hydrogens (tertiary/aromatic N) is 2. The summed E-state index contributed by atoms with van der Waals surface area (Å²) in [5.41, 5.74) is 1.69. The van der Waals surface area contributed by atoms with Crippen LogP contribution in [0.3, 0.4) is 0 Å². The van der Waals surface area contributed by atoms with Crippen LogP contribution in [0, 0.1) is 0 Å². The van der Waals surface area contributed by atoms with Crippen LogP contribution in [0.2, 0.25) is 4.18 Å². The molecule has 1 aromatic rings. The molecule has 0 aromatic carbocycles. The van der Waals surface area contributed by atoms with E-state index in [1.54, 1.807) is 6.20 Å². The predicted molar refractivity (Wildman–Crippen MR) is 123 cm³/mol. The fourth-order valence-electron chi connectivity index (χ4n) is 3.81. The Labute approximate surface area is 186 Å². The Kier molecular flexibility index (Phi) is 7.16. The molecule has 2 aliphatic heterocycles. The van der Waals surface area contributed by atoms with Crippen LogP contribution in [0.25, 0.3) is 0 Å². The van der Waals surface area contributed by atoms with Gasteiger partial charge in [-0.3, -0.25) is 0 Å². The molecule has 1 atom stereocenters. The summed E-state index contributed by atoms with van der Waals surface area (Å²) in [4.78, 5) is 31.2. The zero-order chi connectivity index (χ0) is 21.9. The van der Waals surface area contributed by atoms with Crippen molar-refractivity contribution in [3.63, 3.8) is 0 Å². The number of rotatable bonds is 5. The van der Waals surface area contributed by atoms with E-state index in [1.165, 1.54) is 5.57 Å². The molecule has 0 saturated carbocycles. The quantitative estimate of drug-likeness (QED) is 0.563. The van der Waals surface area contributed by atoms with E-state index in [0.717, 1.165) is 26.3 Å². The van der Waals surface area contributed by atoms with Crippen LogP contribution in [-0.2, 0) is 4.79 Å². The van der Waals surface area contributed by atoms with Crippen molar-refractivity contribution in [2.45, 2.75) is 56.8 Å². The first-order valence-electron chi connectivity index (χ1n) is 10.7. The SMILES string of the molecule is C[CH2][In]1[CH]=C(C)C=[C]1C(=O)Nc1ccc(N[C@H]2CCN(C(=O)NC(C)(C)C)C2)nc1. The van der Waals surface area contributed by atoms with Crippen molar-refractivity contribution in [1.29, 1.82) is 0 Å². The average molecular weight is 513 g/mol. The number of carbonyl (C=O) groups excluding carboxylic acids is 2. The van der Waals surface area contributed by atoms with Crippen LogP contribution in [0.1, 0.15) is 41.0 Å². The summed E-state index contributed by atoms with van der Waals surface area (Å²) in [6, 6.07) is 3.89. The summed E-state index contributed by atoms with van der Waals surface area (Å²) in [5.74, 6) is 0.767. The Bertz CT molecular complexity index is 857. The Balaban J connectivity index is 1.51. The molecule has 160 valence electrons. The van der Waals surface area contributed by atoms with Gasteiger partial charge in [0.1, 0.15) is 0 Å². The van der Waals surface area contributed by atoms with Crippen LogP contribution >= 0.6 is 0 Å². The van der Waals surface area contributed by atoms with Gasteiger partial charge in [0.15, 0.2) is 0 Å². The Morgan fingerprint density at radius 2 is 2.07 bits per heavy atom. The van der Waals surface area contributed by atoms with Crippen LogP contribution in [0.4, 0.5) is 16.3 Å². The average Bonchev–Trinajstić information content (AvgIpc) is 3.28. The molecule has 3 heterocycles. The third kappa shape index (κ3) is 6.03. The number of hydrogen-bond acceptors (Lipinski definition) is 4. The van der Waals surface area contributed by atoms with E-state index in [4.69, 9.17) is 0 Å². The van der Waals surface area contributed by atoms with Gasteiger partial charge in [0.2, 0.25) is 0 Å². The van der Waals surface area contributed by atoms with Gasteiger partial charge in [-0.2, -0.15) is 0 Å². The number of likely N-dealkylation sites (tertiary alicyclic amines) is 1. The van der Waals surface area contributed by atoms with Crippen LogP contribution in [-0.4, -0.2) is 67.9 Å². The third-order valence-electron chi connectivity index (χ3n) is 5.28. The van der Waals surface area contributed by atoms with Gasteiger partial charge in [-0.1, -0.05) is 0 Å². The van der Waals surface area contributed by atoms with Gasteiger partial charge in [0.25, 0.3) is 0 Å². The van der Waals surface area contributed by atoms with Crippen molar-refractivity contribution >= 4 is 44.9 Å². The molecule has 3 amide bonds. The van der Waals surface area contributed by atoms with E-state index in [-0.39, 0.29) is 23.5 Å². The van der Waals surface area contributed by atoms with E-state index in [9.17, 15) is 9.59 Å². The molecule has 3 N–H and O–H groups in total. The first-order valence-corrected chi connectivity index (χ1v) is 16.5. The van der Waals surface area contributed by atoms with Gasteiger partial charge in [0, 0.05) is 5.54 Å². The molecule has 0 radical (unpaired) electrons. The molecule has 8 heteroatoms. The molecule has 7 nitrogen and oxygen atoms in total. The second-order valence-corrected chi connectivity index (χ2v) is 17.7. The second kappa shape index (κ2) is 9.45. The Morgan fingerprint density at radius 3 is 2.70 bits per heavy atom. The van der Waals surface area contributed by atoms with E-state index in [1.807, 2.05) is 43.9 Å². The summed E-state index contributed by atoms with van der Waals surface area (Å²) in [5, 5.41) is 9.39. The van der Waals surface area contributed by atoms with Crippen molar-refractivity contribution in [2.24, 2.45) is 0 Å². The van der Waals surface area contributed by atoms with Gasteiger partial charge in [-0.15, -0.1) is 0 Å². The molecule has 0 bridgehead atoms. The summed E-state index contributed by atoms with van der Waals surface area (Å²) >= 11 is -2.02. The van der Waals surface area contributed by atoms with Crippen molar-refractivity contribution in [3.05, 3.63) is 37.1 Å². The van der Waals surface area contributed by atoms with E-state index < -0.39 is 21.4 Å². The molecule has 1 saturated heterocycles. The number of carbonyl (C=O) groups is 2. The van der Waals surface area contributed by atoms with Crippen molar-refractivity contribution in [3.8, 4) is 0 Å². The van der Waals surface area contributed by atoms with Gasteiger partial charge >= 0.3 is 151 Å². The fourth-order valence-corrected chi connectivity index (χ4v) is 10.9. The second-order valence-electron chi connectivity index (χ2n) is 9.17. The van der Waals surface area contributed by atoms with Crippen molar-refractivity contribution in [1.82, 2.24) is 15.2 Å². The summed E-state index contributed by atoms with van der Waals surface area (Å²) in [6.07, 6.45) is 4.61. The van der Waals surface area contributed by atoms with Gasteiger partial charge < -0.3 is 5.32 Å². The van der Waals surface area contributed by atoms with Gasteiger partial charge in [-0.25, -0.2) is 4.79 Å². The maximum absolute atomic E-state index is 12.6. The molecule has 0 spiro atoms. The fraction of sp³-hybridized carbons (Fsp3) is 0.500. The number of nitrogens with one attached hydrogen (secondary N) is 3. The van der Waals surface area contributed by atoms with Crippen LogP contribution < -0.4 is 16.0 Å². The third-order valence-corrected chi connectivity index (χ3v) is 13.9. The number of hydrogen-bond donors (Lipinski definition) is 3. The molecule has 0 aliphatic carbocycles. The standard InChI is InChI=1S/C20H27N5O2.C2H5.In/c1-14(2)6-9-18(26)23-15-7-8-17(21-12-15)22-16-10-11-25(13-16)19(27)24-20(3,4)5;1-2;/h1,6-8,12,16H,10-11,13H2,2-5H3,(H,21,22)(H,23,26)(H,24,27);1H2,2H3;/t16-;;/m0../s1. The molecule has 30 heavy (non-hydrogen) atoms. The molecule has 0 unspecified atom stereocenters. The first kappa shape index (κ1) is 22.7. The summed E-state index contributed by atoms with van der Waals surface area (Å²) in [6.45, 7) is 11.6. The zero-order valence-corrected chi connectivity index (χ0v) is 21.9. The maximum atomic E-state index is 12.6. The van der Waals surface area contributed by atoms with E-state index >= 15 is 0 Å². The van der Waals surface area contributed by atoms with Crippen molar-refractivity contribution < 1.29 is 9.59 Å². The summed E-state index contributed by atoms with van der Waals surface area (Å²) < 4.78 is 4.47. The minimum atomic E-state index is -2.02. The number of urea groups is 1. The Morgan fingerprint density at radius 1 is 1.30 bits per heavy atom. The van der Waals surface area contributed by atoms with Gasteiger partial charge in [-0.05, 0) is 20.8 Å². The topological polar surface area (TPSA) is 86.4 Å². The summed E-state index contributed by atoms with van der Waals surface area (Å²) in [7, 11) is 0. The number of aromatic nitrogens is 1. The molecular formula is C22H32InN5O2. The van der Waals surface area contributed by atoms with Crippen molar-refractivity contribution in [2.75, 3.05) is 23.7 Å². The zero-order valence-electron chi connectivity index (χ0n) is 18.6. The first-order chi connectivity index (χ1) is 14.1. The number of allylic oxidation sites excluding steroid dienone is 2. The number of anilines is 2.